The highest BCUT2D eigenvalue weighted by atomic mass is 35.5. The van der Waals surface area contributed by atoms with Gasteiger partial charge in [-0.2, -0.15) is 0 Å². The van der Waals surface area contributed by atoms with Gasteiger partial charge in [0.05, 0.1) is 21.7 Å². The van der Waals surface area contributed by atoms with E-state index in [0.29, 0.717) is 0 Å². The lowest BCUT2D eigenvalue weighted by molar-refractivity contribution is -0.141. The summed E-state index contributed by atoms with van der Waals surface area (Å²) in [5, 5.41) is 0.404. The maximum atomic E-state index is 11.7. The first-order valence-electron chi connectivity index (χ1n) is 4.79. The third-order valence-electron chi connectivity index (χ3n) is 1.95. The molecule has 0 saturated heterocycles. The van der Waals surface area contributed by atoms with E-state index in [4.69, 9.17) is 34.8 Å². The SMILES string of the molecule is CCOC(=O)CC(=O)c1ccc(Cl)c(Cl)c1Cl. The smallest absolute Gasteiger partial charge is 0.313 e. The van der Waals surface area contributed by atoms with Crippen LogP contribution in [0.5, 0.6) is 0 Å². The van der Waals surface area contributed by atoms with Crippen molar-refractivity contribution in [1.82, 2.24) is 0 Å². The van der Waals surface area contributed by atoms with E-state index in [2.05, 4.69) is 4.74 Å². The highest BCUT2D eigenvalue weighted by Crippen LogP contribution is 2.33. The van der Waals surface area contributed by atoms with Gasteiger partial charge in [-0.05, 0) is 19.1 Å². The molecule has 0 aliphatic carbocycles. The molecule has 1 aromatic rings. The molecular weight excluding hydrogens is 286 g/mol. The van der Waals surface area contributed by atoms with Gasteiger partial charge in [-0.3, -0.25) is 9.59 Å². The number of hydrogen-bond acceptors (Lipinski definition) is 3. The lowest BCUT2D eigenvalue weighted by atomic mass is 10.1. The number of hydrogen-bond donors (Lipinski definition) is 0. The lowest BCUT2D eigenvalue weighted by Crippen LogP contribution is -2.11. The Bertz CT molecular complexity index is 458. The van der Waals surface area contributed by atoms with Crippen molar-refractivity contribution in [1.29, 1.82) is 0 Å². The summed E-state index contributed by atoms with van der Waals surface area (Å²) in [5.74, 6) is -1.05. The fraction of sp³-hybridized carbons (Fsp3) is 0.273. The Labute approximate surface area is 114 Å². The van der Waals surface area contributed by atoms with Gasteiger partial charge in [0.15, 0.2) is 5.78 Å². The van der Waals surface area contributed by atoms with Crippen LogP contribution in [-0.4, -0.2) is 18.4 Å². The zero-order valence-corrected chi connectivity index (χ0v) is 11.2. The molecule has 92 valence electrons. The molecule has 3 nitrogen and oxygen atoms in total. The van der Waals surface area contributed by atoms with E-state index in [1.54, 1.807) is 6.92 Å². The number of Topliss-reactive ketones (excluding diaryl/α,β-unsaturated/α-hetero) is 1. The molecule has 0 unspecified atom stereocenters. The fourth-order valence-electron chi connectivity index (χ4n) is 1.18. The number of halogens is 3. The molecule has 0 saturated carbocycles. The van der Waals surface area contributed by atoms with Crippen molar-refractivity contribution in [3.63, 3.8) is 0 Å². The van der Waals surface area contributed by atoms with Crippen LogP contribution in [0.3, 0.4) is 0 Å². The Morgan fingerprint density at radius 1 is 1.18 bits per heavy atom. The summed E-state index contributed by atoms with van der Waals surface area (Å²) in [5.41, 5.74) is 0.161. The van der Waals surface area contributed by atoms with Crippen molar-refractivity contribution in [3.8, 4) is 0 Å². The zero-order valence-electron chi connectivity index (χ0n) is 8.93. The first-order chi connectivity index (χ1) is 7.97. The molecule has 6 heteroatoms. The van der Waals surface area contributed by atoms with Crippen LogP contribution in [0, 0.1) is 0 Å². The average Bonchev–Trinajstić information content (AvgIpc) is 2.26. The second-order valence-electron chi connectivity index (χ2n) is 3.13. The van der Waals surface area contributed by atoms with Crippen molar-refractivity contribution < 1.29 is 14.3 Å². The minimum absolute atomic E-state index is 0.0495. The first-order valence-corrected chi connectivity index (χ1v) is 5.93. The molecule has 0 radical (unpaired) electrons. The summed E-state index contributed by atoms with van der Waals surface area (Å²) >= 11 is 17.4. The minimum Gasteiger partial charge on any atom is -0.466 e. The second kappa shape index (κ2) is 6.24. The molecule has 0 N–H and O–H groups in total. The van der Waals surface area contributed by atoms with E-state index in [9.17, 15) is 9.59 Å². The number of ether oxygens (including phenoxy) is 1. The highest BCUT2D eigenvalue weighted by molar-refractivity contribution is 6.49. The molecule has 1 aromatic carbocycles. The molecule has 0 aliphatic heterocycles. The third-order valence-corrected chi connectivity index (χ3v) is 3.24. The lowest BCUT2D eigenvalue weighted by Gasteiger charge is -2.06. The summed E-state index contributed by atoms with van der Waals surface area (Å²) in [6.45, 7) is 1.88. The van der Waals surface area contributed by atoms with Gasteiger partial charge in [-0.15, -0.1) is 0 Å². The van der Waals surface area contributed by atoms with Crippen molar-refractivity contribution in [2.45, 2.75) is 13.3 Å². The van der Waals surface area contributed by atoms with Crippen molar-refractivity contribution in [2.75, 3.05) is 6.61 Å². The molecule has 0 atom stereocenters. The monoisotopic (exact) mass is 294 g/mol. The predicted molar refractivity (Wildman–Crippen MR) is 67.1 cm³/mol. The van der Waals surface area contributed by atoms with Crippen LogP contribution in [0.1, 0.15) is 23.7 Å². The molecule has 0 bridgehead atoms. The minimum atomic E-state index is -0.598. The number of carbonyl (C=O) groups is 2. The summed E-state index contributed by atoms with van der Waals surface area (Å²) in [4.78, 5) is 22.9. The van der Waals surface area contributed by atoms with E-state index in [1.807, 2.05) is 0 Å². The van der Waals surface area contributed by atoms with Gasteiger partial charge in [0.2, 0.25) is 0 Å². The van der Waals surface area contributed by atoms with E-state index >= 15 is 0 Å². The summed E-state index contributed by atoms with van der Waals surface area (Å²) < 4.78 is 4.67. The van der Waals surface area contributed by atoms with Gasteiger partial charge < -0.3 is 4.74 Å². The molecule has 1 rings (SSSR count). The van der Waals surface area contributed by atoms with Crippen LogP contribution in [0.2, 0.25) is 15.1 Å². The maximum Gasteiger partial charge on any atom is 0.313 e. The number of benzene rings is 1. The van der Waals surface area contributed by atoms with Crippen LogP contribution < -0.4 is 0 Å². The van der Waals surface area contributed by atoms with Gasteiger partial charge >= 0.3 is 5.97 Å². The van der Waals surface area contributed by atoms with E-state index in [-0.39, 0.29) is 33.7 Å². The Morgan fingerprint density at radius 3 is 2.41 bits per heavy atom. The van der Waals surface area contributed by atoms with Gasteiger partial charge in [0.25, 0.3) is 0 Å². The number of ketones is 1. The van der Waals surface area contributed by atoms with Gasteiger partial charge in [0.1, 0.15) is 6.42 Å². The first kappa shape index (κ1) is 14.3. The summed E-state index contributed by atoms with van der Waals surface area (Å²) in [7, 11) is 0. The number of rotatable bonds is 4. The molecule has 0 spiro atoms. The maximum absolute atomic E-state index is 11.7. The zero-order chi connectivity index (χ0) is 13.0. The van der Waals surface area contributed by atoms with Crippen LogP contribution in [-0.2, 0) is 9.53 Å². The van der Waals surface area contributed by atoms with Crippen molar-refractivity contribution in [2.24, 2.45) is 0 Å². The molecule has 0 fully saturated rings. The summed E-state index contributed by atoms with van der Waals surface area (Å²) in [6, 6.07) is 2.88. The molecule has 0 amide bonds. The van der Waals surface area contributed by atoms with Gasteiger partial charge in [0, 0.05) is 5.56 Å². The average molecular weight is 296 g/mol. The molecular formula is C11H9Cl3O3. The van der Waals surface area contributed by atoms with E-state index in [1.165, 1.54) is 12.1 Å². The van der Waals surface area contributed by atoms with Crippen LogP contribution >= 0.6 is 34.8 Å². The van der Waals surface area contributed by atoms with Crippen LogP contribution in [0.15, 0.2) is 12.1 Å². The molecule has 0 heterocycles. The number of carbonyl (C=O) groups excluding carboxylic acids is 2. The molecule has 17 heavy (non-hydrogen) atoms. The standard InChI is InChI=1S/C11H9Cl3O3/c1-2-17-9(16)5-8(15)6-3-4-7(12)11(14)10(6)13/h3-4H,2,5H2,1H3. The second-order valence-corrected chi connectivity index (χ2v) is 4.29. The predicted octanol–water partition coefficient (Wildman–Crippen LogP) is 3.78. The van der Waals surface area contributed by atoms with Crippen molar-refractivity contribution >= 4 is 46.6 Å². The largest absolute Gasteiger partial charge is 0.466 e. The quantitative estimate of drug-likeness (QED) is 0.367. The normalized spacial score (nSPS) is 10.1. The van der Waals surface area contributed by atoms with E-state index < -0.39 is 11.8 Å². The van der Waals surface area contributed by atoms with E-state index in [0.717, 1.165) is 0 Å². The third kappa shape index (κ3) is 3.60. The Hall–Kier alpha value is -0.770. The van der Waals surface area contributed by atoms with Gasteiger partial charge in [-0.1, -0.05) is 34.8 Å². The summed E-state index contributed by atoms with van der Waals surface area (Å²) in [6.07, 6.45) is -0.370. The highest BCUT2D eigenvalue weighted by Gasteiger charge is 2.18. The Morgan fingerprint density at radius 2 is 1.82 bits per heavy atom. The molecule has 0 aliphatic rings. The Balaban J connectivity index is 2.90. The Kier molecular flexibility index (Phi) is 5.25. The molecule has 0 aromatic heterocycles. The van der Waals surface area contributed by atoms with Crippen molar-refractivity contribution in [3.05, 3.63) is 32.8 Å². The number of esters is 1. The van der Waals surface area contributed by atoms with Crippen LogP contribution in [0.4, 0.5) is 0 Å². The fourth-order valence-corrected chi connectivity index (χ4v) is 1.82. The topological polar surface area (TPSA) is 43.4 Å². The van der Waals surface area contributed by atoms with Gasteiger partial charge in [-0.25, -0.2) is 0 Å². The van der Waals surface area contributed by atoms with Crippen LogP contribution in [0.25, 0.3) is 0 Å².